The van der Waals surface area contributed by atoms with E-state index in [0.717, 1.165) is 41.7 Å². The number of pyridine rings is 1. The van der Waals surface area contributed by atoms with Crippen molar-refractivity contribution in [3.63, 3.8) is 0 Å². The molecule has 2 aliphatic heterocycles. The van der Waals surface area contributed by atoms with Crippen LogP contribution < -0.4 is 10.5 Å². The Balaban J connectivity index is 1.41. The number of carbonyl (C=O) groups excluding carboxylic acids is 1. The number of aliphatic hydroxyl groups excluding tert-OH is 1. The predicted molar refractivity (Wildman–Crippen MR) is 148 cm³/mol. The van der Waals surface area contributed by atoms with Crippen molar-refractivity contribution in [1.29, 1.82) is 0 Å². The molecule has 0 radical (unpaired) electrons. The fraction of sp³-hybridized carbons (Fsp3) is 0.357. The first kappa shape index (κ1) is 26.2. The molecule has 2 unspecified atom stereocenters. The molecule has 3 aromatic heterocycles. The number of amides is 1. The van der Waals surface area contributed by atoms with Crippen molar-refractivity contribution in [3.05, 3.63) is 54.5 Å². The lowest BCUT2D eigenvalue weighted by Gasteiger charge is -2.39. The van der Waals surface area contributed by atoms with Crippen LogP contribution >= 0.6 is 0 Å². The zero-order valence-corrected chi connectivity index (χ0v) is 23.0. The number of nitrogen functional groups attached to an aromatic ring is 1. The molecule has 1 aromatic carbocycles. The van der Waals surface area contributed by atoms with Crippen LogP contribution in [-0.4, -0.2) is 76.0 Å². The summed E-state index contributed by atoms with van der Waals surface area (Å²) in [5.74, 6) is 0.271. The molecule has 3 atom stereocenters. The minimum absolute atomic E-state index is 0.0118. The third kappa shape index (κ3) is 4.37. The lowest BCUT2D eigenvalue weighted by molar-refractivity contribution is -0.138. The van der Waals surface area contributed by atoms with Crippen LogP contribution in [0.25, 0.3) is 28.0 Å². The molecule has 1 amide bonds. The Bertz CT molecular complexity index is 1690. The number of anilines is 1. The largest absolute Gasteiger partial charge is 0.497 e. The van der Waals surface area contributed by atoms with E-state index < -0.39 is 16.4 Å². The third-order valence-corrected chi connectivity index (χ3v) is 9.20. The molecule has 2 bridgehead atoms. The number of fused-ring (bicyclic) bond motifs is 3. The highest BCUT2D eigenvalue weighted by Gasteiger charge is 2.45. The Morgan fingerprint density at radius 2 is 1.75 bits per heavy atom. The molecule has 12 heteroatoms. The molecule has 0 saturated carbocycles. The zero-order valence-electron chi connectivity index (χ0n) is 22.2. The second kappa shape index (κ2) is 9.86. The Kier molecular flexibility index (Phi) is 6.46. The maximum absolute atomic E-state index is 13.0. The van der Waals surface area contributed by atoms with Crippen LogP contribution in [0.15, 0.2) is 53.7 Å². The highest BCUT2D eigenvalue weighted by Crippen LogP contribution is 2.45. The Morgan fingerprint density at radius 1 is 1.07 bits per heavy atom. The number of ether oxygens (including phenoxy) is 1. The van der Waals surface area contributed by atoms with E-state index in [1.54, 1.807) is 24.4 Å². The van der Waals surface area contributed by atoms with E-state index in [0.29, 0.717) is 29.7 Å². The van der Waals surface area contributed by atoms with Crippen LogP contribution in [0.2, 0.25) is 0 Å². The summed E-state index contributed by atoms with van der Waals surface area (Å²) >= 11 is 0. The number of benzene rings is 1. The van der Waals surface area contributed by atoms with E-state index in [1.807, 2.05) is 36.4 Å². The summed E-state index contributed by atoms with van der Waals surface area (Å²) < 4.78 is 32.5. The quantitative estimate of drug-likeness (QED) is 0.361. The monoisotopic (exact) mass is 562 g/mol. The molecule has 2 fully saturated rings. The Morgan fingerprint density at radius 3 is 2.33 bits per heavy atom. The van der Waals surface area contributed by atoms with Crippen LogP contribution in [0.1, 0.15) is 37.3 Å². The summed E-state index contributed by atoms with van der Waals surface area (Å²) in [4.78, 5) is 23.6. The molecule has 4 aromatic rings. The first-order valence-corrected chi connectivity index (χ1v) is 15.0. The number of aliphatic hydroxyl groups is 1. The first-order chi connectivity index (χ1) is 19.2. The Hall–Kier alpha value is -4.03. The number of hydrogen-bond acceptors (Lipinski definition) is 9. The van der Waals surface area contributed by atoms with Crippen molar-refractivity contribution in [2.45, 2.75) is 48.6 Å². The van der Waals surface area contributed by atoms with E-state index in [9.17, 15) is 18.3 Å². The smallest absolute Gasteiger partial charge is 0.248 e. The highest BCUT2D eigenvalue weighted by molar-refractivity contribution is 7.91. The van der Waals surface area contributed by atoms with Crippen LogP contribution in [0.4, 0.5) is 5.82 Å². The molecule has 3 N–H and O–H groups in total. The average Bonchev–Trinajstić information content (AvgIpc) is 3.50. The van der Waals surface area contributed by atoms with Crippen molar-refractivity contribution >= 4 is 27.2 Å². The van der Waals surface area contributed by atoms with Crippen molar-refractivity contribution in [2.24, 2.45) is 0 Å². The summed E-state index contributed by atoms with van der Waals surface area (Å²) in [6.07, 6.45) is 7.19. The summed E-state index contributed by atoms with van der Waals surface area (Å²) in [6, 6.07) is 11.3. The molecular formula is C28H30N6O5S. The lowest BCUT2D eigenvalue weighted by Crippen LogP contribution is -2.47. The minimum atomic E-state index is -3.74. The predicted octanol–water partition coefficient (Wildman–Crippen LogP) is 2.68. The second-order valence-electron chi connectivity index (χ2n) is 10.5. The molecule has 2 aliphatic rings. The molecule has 40 heavy (non-hydrogen) atoms. The standard InChI is InChI=1S/C28H30N6O5S/c1-39-21-8-3-16(4-9-21)23-10-5-17(13-30-23)22-14-31-34-27(29)26(40(2,37)38)25(32-28(22)34)18-11-19-6-7-20(12-18)33(19)24(36)15-35/h3-5,8-10,13-14,18-20,35H,6-7,11-12,15,29H2,1-2H3/t18?,19-,20?/m1/s1. The van der Waals surface area contributed by atoms with Gasteiger partial charge >= 0.3 is 0 Å². The van der Waals surface area contributed by atoms with Gasteiger partial charge in [-0.25, -0.2) is 13.4 Å². The van der Waals surface area contributed by atoms with Crippen LogP contribution in [0.5, 0.6) is 5.75 Å². The van der Waals surface area contributed by atoms with Gasteiger partial charge in [0.2, 0.25) is 5.91 Å². The summed E-state index contributed by atoms with van der Waals surface area (Å²) in [5, 5.41) is 13.8. The number of carbonyl (C=O) groups is 1. The summed E-state index contributed by atoms with van der Waals surface area (Å²) in [5.41, 5.74) is 10.5. The molecule has 0 spiro atoms. The van der Waals surface area contributed by atoms with E-state index in [1.165, 1.54) is 4.52 Å². The van der Waals surface area contributed by atoms with Gasteiger partial charge in [0, 0.05) is 47.1 Å². The first-order valence-electron chi connectivity index (χ1n) is 13.1. The number of methoxy groups -OCH3 is 1. The summed E-state index contributed by atoms with van der Waals surface area (Å²) in [7, 11) is -2.12. The molecule has 208 valence electrons. The topological polar surface area (TPSA) is 153 Å². The molecular weight excluding hydrogens is 532 g/mol. The van der Waals surface area contributed by atoms with E-state index in [2.05, 4.69) is 10.1 Å². The van der Waals surface area contributed by atoms with Crippen molar-refractivity contribution in [3.8, 4) is 28.1 Å². The fourth-order valence-electron chi connectivity index (χ4n) is 6.25. The highest BCUT2D eigenvalue weighted by atomic mass is 32.2. The molecule has 6 rings (SSSR count). The fourth-order valence-corrected chi connectivity index (χ4v) is 7.31. The van der Waals surface area contributed by atoms with Gasteiger partial charge in [0.15, 0.2) is 15.5 Å². The number of nitrogens with two attached hydrogens (primary N) is 1. The van der Waals surface area contributed by atoms with Crippen LogP contribution in [0.3, 0.4) is 0 Å². The second-order valence-corrected chi connectivity index (χ2v) is 12.4. The van der Waals surface area contributed by atoms with Gasteiger partial charge in [-0.2, -0.15) is 9.61 Å². The van der Waals surface area contributed by atoms with Gasteiger partial charge in [0.05, 0.1) is 24.7 Å². The van der Waals surface area contributed by atoms with Gasteiger partial charge in [0.25, 0.3) is 0 Å². The van der Waals surface area contributed by atoms with Gasteiger partial charge in [-0.15, -0.1) is 0 Å². The summed E-state index contributed by atoms with van der Waals surface area (Å²) in [6.45, 7) is -0.534. The zero-order chi connectivity index (χ0) is 28.2. The average molecular weight is 563 g/mol. The minimum Gasteiger partial charge on any atom is -0.497 e. The van der Waals surface area contributed by atoms with Crippen molar-refractivity contribution in [2.75, 3.05) is 25.7 Å². The Labute approximate surface area is 231 Å². The van der Waals surface area contributed by atoms with Crippen LogP contribution in [-0.2, 0) is 14.6 Å². The molecule has 11 nitrogen and oxygen atoms in total. The van der Waals surface area contributed by atoms with E-state index in [-0.39, 0.29) is 34.6 Å². The maximum atomic E-state index is 13.0. The molecule has 0 aliphatic carbocycles. The maximum Gasteiger partial charge on any atom is 0.248 e. The van der Waals surface area contributed by atoms with E-state index >= 15 is 0 Å². The van der Waals surface area contributed by atoms with Crippen molar-refractivity contribution < 1.29 is 23.1 Å². The van der Waals surface area contributed by atoms with Gasteiger partial charge in [-0.05, 0) is 56.0 Å². The number of hydrogen-bond donors (Lipinski definition) is 2. The number of rotatable bonds is 6. The molecule has 2 saturated heterocycles. The van der Waals surface area contributed by atoms with Crippen LogP contribution in [0, 0.1) is 0 Å². The van der Waals surface area contributed by atoms with Gasteiger partial charge in [-0.1, -0.05) is 6.07 Å². The number of aromatic nitrogens is 4. The SMILES string of the molecule is COc1ccc(-c2ccc(-c3cnn4c(N)c(S(C)(=O)=O)c(C5CC6CC[C@H](C5)N6C(=O)CO)nc34)cn2)cc1. The number of piperidine rings is 1. The van der Waals surface area contributed by atoms with Gasteiger partial charge in [0.1, 0.15) is 23.1 Å². The van der Waals surface area contributed by atoms with Gasteiger partial charge < -0.3 is 20.5 Å². The third-order valence-electron chi connectivity index (χ3n) is 8.04. The molecule has 5 heterocycles. The lowest BCUT2D eigenvalue weighted by atomic mass is 9.87. The number of sulfone groups is 1. The van der Waals surface area contributed by atoms with Gasteiger partial charge in [-0.3, -0.25) is 9.78 Å². The normalized spacial score (nSPS) is 20.7. The van der Waals surface area contributed by atoms with Crippen molar-refractivity contribution in [1.82, 2.24) is 24.5 Å². The van der Waals surface area contributed by atoms with E-state index in [4.69, 9.17) is 15.5 Å². The number of nitrogens with zero attached hydrogens (tertiary/aromatic N) is 5.